The van der Waals surface area contributed by atoms with Gasteiger partial charge in [-0.05, 0) is 17.7 Å². The molecule has 0 spiro atoms. The summed E-state index contributed by atoms with van der Waals surface area (Å²) in [6, 6.07) is 16.3. The predicted molar refractivity (Wildman–Crippen MR) is 82.6 cm³/mol. The van der Waals surface area contributed by atoms with Crippen LogP contribution >= 0.6 is 0 Å². The second-order valence-electron chi connectivity index (χ2n) is 4.65. The first kappa shape index (κ1) is 16.0. The number of primary amides is 1. The summed E-state index contributed by atoms with van der Waals surface area (Å²) in [6.07, 6.45) is -1.15. The van der Waals surface area contributed by atoms with E-state index in [0.717, 1.165) is 5.56 Å². The predicted octanol–water partition coefficient (Wildman–Crippen LogP) is 2.52. The summed E-state index contributed by atoms with van der Waals surface area (Å²) >= 11 is 0. The number of para-hydroxylation sites is 1. The summed E-state index contributed by atoms with van der Waals surface area (Å²) in [6.45, 7) is 0. The number of ether oxygens (including phenoxy) is 3. The lowest BCUT2D eigenvalue weighted by Gasteiger charge is -2.26. The molecule has 0 saturated heterocycles. The zero-order valence-corrected chi connectivity index (χ0v) is 12.6. The van der Waals surface area contributed by atoms with E-state index < -0.39 is 18.3 Å². The van der Waals surface area contributed by atoms with Crippen molar-refractivity contribution in [2.75, 3.05) is 14.2 Å². The first-order valence-corrected chi connectivity index (χ1v) is 6.83. The first-order valence-electron chi connectivity index (χ1n) is 6.83. The van der Waals surface area contributed by atoms with E-state index in [9.17, 15) is 4.79 Å². The fraction of sp³-hybridized carbons (Fsp3) is 0.235. The maximum atomic E-state index is 11.5. The molecule has 0 saturated carbocycles. The van der Waals surface area contributed by atoms with Crippen molar-refractivity contribution in [3.05, 3.63) is 65.7 Å². The molecule has 0 aromatic heterocycles. The van der Waals surface area contributed by atoms with Crippen LogP contribution in [0.15, 0.2) is 54.6 Å². The highest BCUT2D eigenvalue weighted by atomic mass is 16.7. The number of carbonyl (C=O) groups is 1. The van der Waals surface area contributed by atoms with Gasteiger partial charge in [0.25, 0.3) is 5.91 Å². The van der Waals surface area contributed by atoms with Gasteiger partial charge in [0.15, 0.2) is 12.4 Å². The molecule has 116 valence electrons. The lowest BCUT2D eigenvalue weighted by atomic mass is 10.1. The van der Waals surface area contributed by atoms with Crippen LogP contribution in [0.3, 0.4) is 0 Å². The molecule has 0 aliphatic carbocycles. The van der Waals surface area contributed by atoms with Crippen LogP contribution in [-0.2, 0) is 9.47 Å². The Hall–Kier alpha value is -2.37. The van der Waals surface area contributed by atoms with Gasteiger partial charge < -0.3 is 19.9 Å². The monoisotopic (exact) mass is 301 g/mol. The summed E-state index contributed by atoms with van der Waals surface area (Å²) in [5.41, 5.74) is 6.57. The highest BCUT2D eigenvalue weighted by Crippen LogP contribution is 2.29. The molecule has 0 radical (unpaired) electrons. The maximum Gasteiger partial charge on any atom is 0.252 e. The number of nitrogens with two attached hydrogens (primary N) is 1. The van der Waals surface area contributed by atoms with Crippen molar-refractivity contribution in [3.8, 4) is 5.75 Å². The smallest absolute Gasteiger partial charge is 0.252 e. The fourth-order valence-electron chi connectivity index (χ4n) is 2.18. The third kappa shape index (κ3) is 3.63. The number of methoxy groups -OCH3 is 2. The minimum atomic E-state index is -0.622. The first-order chi connectivity index (χ1) is 10.7. The molecule has 0 aliphatic rings. The van der Waals surface area contributed by atoms with Crippen molar-refractivity contribution in [3.63, 3.8) is 0 Å². The van der Waals surface area contributed by atoms with E-state index >= 15 is 0 Å². The van der Waals surface area contributed by atoms with Gasteiger partial charge in [-0.1, -0.05) is 42.5 Å². The highest BCUT2D eigenvalue weighted by molar-refractivity contribution is 5.95. The van der Waals surface area contributed by atoms with Gasteiger partial charge in [-0.2, -0.15) is 0 Å². The van der Waals surface area contributed by atoms with Gasteiger partial charge in [0, 0.05) is 14.2 Å². The SMILES string of the molecule is COC(OC)C(Oc1ccccc1C(N)=O)c1ccccc1. The molecule has 0 bridgehead atoms. The molecule has 1 amide bonds. The van der Waals surface area contributed by atoms with E-state index in [1.54, 1.807) is 24.3 Å². The molecule has 1 atom stereocenters. The molecule has 2 aromatic rings. The topological polar surface area (TPSA) is 70.8 Å². The average molecular weight is 301 g/mol. The van der Waals surface area contributed by atoms with Gasteiger partial charge in [0.05, 0.1) is 5.56 Å². The van der Waals surface area contributed by atoms with Gasteiger partial charge in [-0.3, -0.25) is 4.79 Å². The Balaban J connectivity index is 2.37. The van der Waals surface area contributed by atoms with Crippen LogP contribution in [0.1, 0.15) is 22.0 Å². The van der Waals surface area contributed by atoms with Crippen molar-refractivity contribution >= 4 is 5.91 Å². The summed E-state index contributed by atoms with van der Waals surface area (Å²) in [4.78, 5) is 11.5. The Labute approximate surface area is 129 Å². The van der Waals surface area contributed by atoms with Crippen molar-refractivity contribution < 1.29 is 19.0 Å². The van der Waals surface area contributed by atoms with E-state index in [1.165, 1.54) is 14.2 Å². The molecular weight excluding hydrogens is 282 g/mol. The van der Waals surface area contributed by atoms with Crippen molar-refractivity contribution in [1.29, 1.82) is 0 Å². The van der Waals surface area contributed by atoms with Crippen LogP contribution in [0.4, 0.5) is 0 Å². The summed E-state index contributed by atoms with van der Waals surface area (Å²) in [5, 5.41) is 0. The number of carbonyl (C=O) groups excluding carboxylic acids is 1. The van der Waals surface area contributed by atoms with Crippen molar-refractivity contribution in [1.82, 2.24) is 0 Å². The lowest BCUT2D eigenvalue weighted by molar-refractivity contribution is -0.158. The number of amides is 1. The third-order valence-electron chi connectivity index (χ3n) is 3.25. The Kier molecular flexibility index (Phi) is 5.52. The summed E-state index contributed by atoms with van der Waals surface area (Å²) in [5.74, 6) is -0.156. The van der Waals surface area contributed by atoms with Gasteiger partial charge in [0.1, 0.15) is 5.75 Å². The van der Waals surface area contributed by atoms with Crippen LogP contribution in [0.2, 0.25) is 0 Å². The zero-order valence-electron chi connectivity index (χ0n) is 12.6. The molecule has 0 heterocycles. The third-order valence-corrected chi connectivity index (χ3v) is 3.25. The normalized spacial score (nSPS) is 12.1. The van der Waals surface area contributed by atoms with Gasteiger partial charge >= 0.3 is 0 Å². The Bertz CT molecular complexity index is 611. The van der Waals surface area contributed by atoms with Gasteiger partial charge in [-0.25, -0.2) is 0 Å². The van der Waals surface area contributed by atoms with E-state index in [4.69, 9.17) is 19.9 Å². The van der Waals surface area contributed by atoms with Gasteiger partial charge in [0.2, 0.25) is 0 Å². The molecule has 22 heavy (non-hydrogen) atoms. The van der Waals surface area contributed by atoms with Crippen LogP contribution in [0, 0.1) is 0 Å². The summed E-state index contributed by atoms with van der Waals surface area (Å²) < 4.78 is 16.6. The van der Waals surface area contributed by atoms with E-state index in [2.05, 4.69) is 0 Å². The minimum Gasteiger partial charge on any atom is -0.480 e. The molecule has 2 N–H and O–H groups in total. The van der Waals surface area contributed by atoms with Crippen LogP contribution in [-0.4, -0.2) is 26.4 Å². The number of hydrogen-bond acceptors (Lipinski definition) is 4. The van der Waals surface area contributed by atoms with Crippen molar-refractivity contribution in [2.45, 2.75) is 12.4 Å². The Morgan fingerprint density at radius 1 is 0.955 bits per heavy atom. The Morgan fingerprint density at radius 2 is 1.55 bits per heavy atom. The molecule has 2 rings (SSSR count). The number of hydrogen-bond donors (Lipinski definition) is 1. The minimum absolute atomic E-state index is 0.314. The average Bonchev–Trinajstić information content (AvgIpc) is 2.56. The number of benzene rings is 2. The van der Waals surface area contributed by atoms with E-state index in [-0.39, 0.29) is 0 Å². The standard InChI is InChI=1S/C17H19NO4/c1-20-17(21-2)15(12-8-4-3-5-9-12)22-14-11-7-6-10-13(14)16(18)19/h3-11,15,17H,1-2H3,(H2,18,19). The summed E-state index contributed by atoms with van der Waals surface area (Å²) in [7, 11) is 3.07. The van der Waals surface area contributed by atoms with E-state index in [1.807, 2.05) is 30.3 Å². The van der Waals surface area contributed by atoms with Crippen LogP contribution in [0.5, 0.6) is 5.75 Å². The van der Waals surface area contributed by atoms with Crippen molar-refractivity contribution in [2.24, 2.45) is 5.73 Å². The molecule has 2 aromatic carbocycles. The molecule has 1 unspecified atom stereocenters. The second-order valence-corrected chi connectivity index (χ2v) is 4.65. The largest absolute Gasteiger partial charge is 0.480 e. The molecule has 0 fully saturated rings. The molecular formula is C17H19NO4. The lowest BCUT2D eigenvalue weighted by Crippen LogP contribution is -2.28. The molecule has 5 nitrogen and oxygen atoms in total. The second kappa shape index (κ2) is 7.59. The molecule has 0 aliphatic heterocycles. The molecule has 5 heteroatoms. The van der Waals surface area contributed by atoms with Gasteiger partial charge in [-0.15, -0.1) is 0 Å². The maximum absolute atomic E-state index is 11.5. The van der Waals surface area contributed by atoms with Crippen LogP contribution in [0.25, 0.3) is 0 Å². The Morgan fingerprint density at radius 3 is 2.14 bits per heavy atom. The highest BCUT2D eigenvalue weighted by Gasteiger charge is 2.26. The van der Waals surface area contributed by atoms with E-state index in [0.29, 0.717) is 11.3 Å². The fourth-order valence-corrected chi connectivity index (χ4v) is 2.18. The quantitative estimate of drug-likeness (QED) is 0.798. The zero-order chi connectivity index (χ0) is 15.9. The van der Waals surface area contributed by atoms with Crippen LogP contribution < -0.4 is 10.5 Å². The number of rotatable bonds is 7.